The molecule has 1 atom stereocenters. The van der Waals surface area contributed by atoms with Crippen molar-refractivity contribution in [3.8, 4) is 0 Å². The monoisotopic (exact) mass is 320 g/mol. The molecule has 0 aliphatic heterocycles. The first kappa shape index (κ1) is 16.7. The second-order valence-corrected chi connectivity index (χ2v) is 4.94. The first-order valence-corrected chi connectivity index (χ1v) is 6.72. The average molecular weight is 321 g/mol. The molecule has 0 aliphatic rings. The van der Waals surface area contributed by atoms with Crippen molar-refractivity contribution in [1.82, 2.24) is 5.32 Å². The van der Waals surface area contributed by atoms with Gasteiger partial charge in [0.25, 0.3) is 11.6 Å². The van der Waals surface area contributed by atoms with Crippen LogP contribution in [0.25, 0.3) is 0 Å². The molecule has 0 spiro atoms. The van der Waals surface area contributed by atoms with Crippen LogP contribution >= 0.6 is 23.2 Å². The maximum Gasteiger partial charge on any atom is 0.271 e. The number of nitro groups is 1. The smallest absolute Gasteiger partial charge is 0.271 e. The summed E-state index contributed by atoms with van der Waals surface area (Å²) < 4.78 is 0. The number of amides is 1. The summed E-state index contributed by atoms with van der Waals surface area (Å²) in [5.41, 5.74) is -0.366. The van der Waals surface area contributed by atoms with Crippen LogP contribution in [-0.2, 0) is 0 Å². The number of benzene rings is 1. The number of halogens is 2. The molecule has 0 saturated heterocycles. The van der Waals surface area contributed by atoms with Gasteiger partial charge in [0.15, 0.2) is 0 Å². The number of rotatable bonds is 6. The minimum Gasteiger partial charge on any atom is -0.393 e. The van der Waals surface area contributed by atoms with Crippen LogP contribution in [0.1, 0.15) is 30.1 Å². The zero-order chi connectivity index (χ0) is 15.3. The molecule has 0 saturated carbocycles. The Balaban J connectivity index is 2.84. The van der Waals surface area contributed by atoms with E-state index in [2.05, 4.69) is 5.32 Å². The Kier molecular flexibility index (Phi) is 6.19. The van der Waals surface area contributed by atoms with Crippen LogP contribution in [-0.4, -0.2) is 28.6 Å². The molecule has 0 radical (unpaired) electrons. The van der Waals surface area contributed by atoms with Crippen molar-refractivity contribution in [3.63, 3.8) is 0 Å². The number of carbonyl (C=O) groups excluding carboxylic acids is 1. The highest BCUT2D eigenvalue weighted by atomic mass is 35.5. The fourth-order valence-electron chi connectivity index (χ4n) is 1.50. The van der Waals surface area contributed by atoms with Crippen LogP contribution < -0.4 is 5.32 Å². The van der Waals surface area contributed by atoms with Gasteiger partial charge in [0.05, 0.1) is 26.6 Å². The molecule has 110 valence electrons. The first-order chi connectivity index (χ1) is 9.36. The van der Waals surface area contributed by atoms with Crippen molar-refractivity contribution < 1.29 is 14.8 Å². The Morgan fingerprint density at radius 2 is 2.15 bits per heavy atom. The number of nitrogens with zero attached hydrogens (tertiary/aromatic N) is 1. The SMILES string of the molecule is CCC(O)CCNC(=O)c1cc([N+](=O)[O-])cc(Cl)c1Cl. The summed E-state index contributed by atoms with van der Waals surface area (Å²) in [4.78, 5) is 22.0. The molecule has 6 nitrogen and oxygen atoms in total. The van der Waals surface area contributed by atoms with Crippen LogP contribution in [0.15, 0.2) is 12.1 Å². The third-order valence-electron chi connectivity index (χ3n) is 2.70. The van der Waals surface area contributed by atoms with Gasteiger partial charge < -0.3 is 10.4 Å². The number of non-ortho nitro benzene ring substituents is 1. The van der Waals surface area contributed by atoms with Crippen molar-refractivity contribution in [3.05, 3.63) is 37.9 Å². The number of carbonyl (C=O) groups is 1. The second kappa shape index (κ2) is 7.42. The van der Waals surface area contributed by atoms with Crippen LogP contribution in [0.4, 0.5) is 5.69 Å². The van der Waals surface area contributed by atoms with Gasteiger partial charge in [-0.2, -0.15) is 0 Å². The molecule has 0 bridgehead atoms. The lowest BCUT2D eigenvalue weighted by Crippen LogP contribution is -2.27. The van der Waals surface area contributed by atoms with Gasteiger partial charge in [0.1, 0.15) is 0 Å². The third-order valence-corrected chi connectivity index (χ3v) is 3.50. The summed E-state index contributed by atoms with van der Waals surface area (Å²) in [7, 11) is 0. The molecular formula is C12H14Cl2N2O4. The van der Waals surface area contributed by atoms with E-state index in [1.54, 1.807) is 0 Å². The summed E-state index contributed by atoms with van der Waals surface area (Å²) in [6.45, 7) is 2.06. The summed E-state index contributed by atoms with van der Waals surface area (Å²) in [5, 5.41) is 22.5. The molecule has 2 N–H and O–H groups in total. The molecule has 8 heteroatoms. The minimum atomic E-state index is -0.653. The molecule has 1 amide bonds. The van der Waals surface area contributed by atoms with E-state index in [0.717, 1.165) is 12.1 Å². The Hall–Kier alpha value is -1.37. The van der Waals surface area contributed by atoms with E-state index >= 15 is 0 Å². The predicted octanol–water partition coefficient (Wildman–Crippen LogP) is 2.79. The normalized spacial score (nSPS) is 12.0. The highest BCUT2D eigenvalue weighted by Gasteiger charge is 2.19. The zero-order valence-electron chi connectivity index (χ0n) is 10.7. The molecule has 0 heterocycles. The third kappa shape index (κ3) is 4.33. The van der Waals surface area contributed by atoms with Gasteiger partial charge in [-0.25, -0.2) is 0 Å². The molecule has 1 rings (SSSR count). The van der Waals surface area contributed by atoms with Crippen LogP contribution in [0.2, 0.25) is 10.0 Å². The van der Waals surface area contributed by atoms with Crippen molar-refractivity contribution in [2.24, 2.45) is 0 Å². The largest absolute Gasteiger partial charge is 0.393 e. The zero-order valence-corrected chi connectivity index (χ0v) is 12.2. The predicted molar refractivity (Wildman–Crippen MR) is 76.4 cm³/mol. The second-order valence-electron chi connectivity index (χ2n) is 4.15. The Morgan fingerprint density at radius 3 is 2.70 bits per heavy atom. The van der Waals surface area contributed by atoms with Gasteiger partial charge in [0.2, 0.25) is 0 Å². The van der Waals surface area contributed by atoms with Crippen LogP contribution in [0.5, 0.6) is 0 Å². The molecule has 0 aromatic heterocycles. The van der Waals surface area contributed by atoms with Crippen molar-refractivity contribution in [2.45, 2.75) is 25.9 Å². The molecular weight excluding hydrogens is 307 g/mol. The van der Waals surface area contributed by atoms with E-state index in [1.807, 2.05) is 6.92 Å². The van der Waals surface area contributed by atoms with E-state index in [1.165, 1.54) is 0 Å². The van der Waals surface area contributed by atoms with Crippen LogP contribution in [0, 0.1) is 10.1 Å². The maximum atomic E-state index is 11.9. The highest BCUT2D eigenvalue weighted by Crippen LogP contribution is 2.30. The number of aliphatic hydroxyl groups excluding tert-OH is 1. The first-order valence-electron chi connectivity index (χ1n) is 5.96. The lowest BCUT2D eigenvalue weighted by atomic mass is 10.1. The number of aliphatic hydroxyl groups is 1. The summed E-state index contributed by atoms with van der Waals surface area (Å²) in [6, 6.07) is 2.15. The van der Waals surface area contributed by atoms with Crippen molar-refractivity contribution in [2.75, 3.05) is 6.54 Å². The molecule has 20 heavy (non-hydrogen) atoms. The Labute approximate surface area is 125 Å². The summed E-state index contributed by atoms with van der Waals surface area (Å²) in [6.07, 6.45) is 0.473. The Morgan fingerprint density at radius 1 is 1.50 bits per heavy atom. The highest BCUT2D eigenvalue weighted by molar-refractivity contribution is 6.44. The molecule has 0 fully saturated rings. The lowest BCUT2D eigenvalue weighted by molar-refractivity contribution is -0.384. The van der Waals surface area contributed by atoms with Gasteiger partial charge in [-0.3, -0.25) is 14.9 Å². The quantitative estimate of drug-likeness (QED) is 0.622. The van der Waals surface area contributed by atoms with E-state index in [-0.39, 0.29) is 27.8 Å². The maximum absolute atomic E-state index is 11.9. The van der Waals surface area contributed by atoms with Gasteiger partial charge in [-0.05, 0) is 12.8 Å². The van der Waals surface area contributed by atoms with Gasteiger partial charge in [-0.15, -0.1) is 0 Å². The fourth-order valence-corrected chi connectivity index (χ4v) is 1.91. The molecule has 0 aliphatic carbocycles. The topological polar surface area (TPSA) is 92.5 Å². The number of hydrogen-bond donors (Lipinski definition) is 2. The van der Waals surface area contributed by atoms with E-state index < -0.39 is 16.9 Å². The number of nitrogens with one attached hydrogen (secondary N) is 1. The number of nitro benzene ring substituents is 1. The fraction of sp³-hybridized carbons (Fsp3) is 0.417. The van der Waals surface area contributed by atoms with Crippen molar-refractivity contribution in [1.29, 1.82) is 0 Å². The van der Waals surface area contributed by atoms with Crippen molar-refractivity contribution >= 4 is 34.8 Å². The lowest BCUT2D eigenvalue weighted by Gasteiger charge is -2.10. The number of hydrogen-bond acceptors (Lipinski definition) is 4. The standard InChI is InChI=1S/C12H14Cl2N2O4/c1-2-8(17)3-4-15-12(18)9-5-7(16(19)20)6-10(13)11(9)14/h5-6,8,17H,2-4H2,1H3,(H,15,18). The Bertz CT molecular complexity index is 522. The average Bonchev–Trinajstić information content (AvgIpc) is 2.40. The van der Waals surface area contributed by atoms with Crippen LogP contribution in [0.3, 0.4) is 0 Å². The van der Waals surface area contributed by atoms with E-state index in [0.29, 0.717) is 12.8 Å². The van der Waals surface area contributed by atoms with Gasteiger partial charge >= 0.3 is 0 Å². The molecule has 1 aromatic rings. The molecule has 1 aromatic carbocycles. The molecule has 1 unspecified atom stereocenters. The van der Waals surface area contributed by atoms with Gasteiger partial charge in [-0.1, -0.05) is 30.1 Å². The van der Waals surface area contributed by atoms with E-state index in [9.17, 15) is 20.0 Å². The van der Waals surface area contributed by atoms with E-state index in [4.69, 9.17) is 23.2 Å². The minimum absolute atomic E-state index is 0.0363. The summed E-state index contributed by atoms with van der Waals surface area (Å²) in [5.74, 6) is -0.566. The summed E-state index contributed by atoms with van der Waals surface area (Å²) >= 11 is 11.6. The van der Waals surface area contributed by atoms with Gasteiger partial charge in [0, 0.05) is 18.7 Å².